The molecule has 360 valence electrons. The number of anilines is 1. The number of alkyl carbamates (subject to hydrolysis) is 1. The zero-order chi connectivity index (χ0) is 48.4. The Balaban J connectivity index is 1.32. The molecule has 4 aromatic rings. The lowest BCUT2D eigenvalue weighted by Gasteiger charge is -2.27. The molecular formula is C44H56N8O14P+. The minimum absolute atomic E-state index is 0.0184. The van der Waals surface area contributed by atoms with Gasteiger partial charge in [0, 0.05) is 19.8 Å². The van der Waals surface area contributed by atoms with Gasteiger partial charge < -0.3 is 44.3 Å². The van der Waals surface area contributed by atoms with E-state index in [4.69, 9.17) is 37.6 Å². The molecule has 3 amide bonds. The number of hydrogen-bond donors (Lipinski definition) is 3. The van der Waals surface area contributed by atoms with E-state index in [1.54, 1.807) is 34.9 Å². The van der Waals surface area contributed by atoms with E-state index in [1.807, 2.05) is 51.5 Å². The number of benzene rings is 2. The Labute approximate surface area is 387 Å². The second kappa shape index (κ2) is 25.1. The lowest BCUT2D eigenvalue weighted by molar-refractivity contribution is -0.870. The van der Waals surface area contributed by atoms with E-state index in [-0.39, 0.29) is 62.0 Å². The molecule has 22 nitrogen and oxygen atoms in total. The molecule has 6 atom stereocenters. The molecule has 1 fully saturated rings. The molecule has 3 heterocycles. The molecule has 0 radical (unpaired) electrons. The standard InChI is InChI=1S/C44H55N8O14P/c1-7-20-60-44(57)49-34(42(55)48-33(23-31-15-11-9-12-16-31)43(56)59-22-19-52(4,5)6)26-62-67(58,66-61-21-8-2)63-27-36-35(64-30(3)53)25-38(65-36)51-29-47-39-40(45-28-46-41(39)51)50-37(54)24-32-17-13-10-14-18-32/h7-18,28-29,33-36,38H,1-2,19-27H2,3-6H3,(H2-,45,46,48,49,50,54,55,57)/p+1/t33-,34-,35-,36+,38+,67?/m0/s1. The van der Waals surface area contributed by atoms with E-state index in [0.717, 1.165) is 5.56 Å². The van der Waals surface area contributed by atoms with Crippen molar-refractivity contribution in [2.45, 2.75) is 56.7 Å². The highest BCUT2D eigenvalue weighted by Crippen LogP contribution is 2.54. The van der Waals surface area contributed by atoms with E-state index in [2.05, 4.69) is 44.1 Å². The lowest BCUT2D eigenvalue weighted by atomic mass is 10.1. The molecule has 1 aliphatic heterocycles. The van der Waals surface area contributed by atoms with Gasteiger partial charge in [0.15, 0.2) is 17.0 Å². The number of fused-ring (bicyclic) bond motifs is 1. The third-order valence-electron chi connectivity index (χ3n) is 9.59. The molecule has 67 heavy (non-hydrogen) atoms. The smallest absolute Gasteiger partial charge is 0.421 e. The maximum absolute atomic E-state index is 14.2. The zero-order valence-electron chi connectivity index (χ0n) is 37.6. The van der Waals surface area contributed by atoms with Crippen LogP contribution in [0, 0.1) is 0 Å². The number of amides is 3. The number of phosphoric acid groups is 1. The largest absolute Gasteiger partial charge is 0.603 e. The zero-order valence-corrected chi connectivity index (χ0v) is 38.5. The average Bonchev–Trinajstić information content (AvgIpc) is 3.90. The number of quaternary nitrogens is 1. The predicted molar refractivity (Wildman–Crippen MR) is 239 cm³/mol. The number of nitrogens with zero attached hydrogens (tertiary/aromatic N) is 5. The Morgan fingerprint density at radius 2 is 1.63 bits per heavy atom. The summed E-state index contributed by atoms with van der Waals surface area (Å²) in [6, 6.07) is 15.1. The first kappa shape index (κ1) is 51.7. The van der Waals surface area contributed by atoms with Crippen LogP contribution in [0.1, 0.15) is 30.7 Å². The first-order valence-electron chi connectivity index (χ1n) is 21.1. The van der Waals surface area contributed by atoms with Crippen LogP contribution in [0.25, 0.3) is 11.2 Å². The van der Waals surface area contributed by atoms with Crippen LogP contribution in [0.3, 0.4) is 0 Å². The van der Waals surface area contributed by atoms with E-state index < -0.39 is 75.8 Å². The van der Waals surface area contributed by atoms with Crippen molar-refractivity contribution < 1.29 is 70.9 Å². The molecule has 1 aliphatic rings. The molecule has 1 saturated heterocycles. The van der Waals surface area contributed by atoms with Gasteiger partial charge in [-0.2, -0.15) is 13.9 Å². The number of phosphoric ester groups is 1. The summed E-state index contributed by atoms with van der Waals surface area (Å²) < 4.78 is 40.8. The van der Waals surface area contributed by atoms with Crippen molar-refractivity contribution >= 4 is 55.0 Å². The van der Waals surface area contributed by atoms with Crippen molar-refractivity contribution in [3.63, 3.8) is 0 Å². The molecule has 1 unspecified atom stereocenters. The van der Waals surface area contributed by atoms with Gasteiger partial charge in [0.1, 0.15) is 76.4 Å². The van der Waals surface area contributed by atoms with Gasteiger partial charge in [-0.15, -0.1) is 6.58 Å². The summed E-state index contributed by atoms with van der Waals surface area (Å²) >= 11 is 0. The van der Waals surface area contributed by atoms with Crippen LogP contribution >= 0.6 is 8.17 Å². The van der Waals surface area contributed by atoms with Gasteiger partial charge in [-0.25, -0.2) is 24.5 Å². The number of carbonyl (C=O) groups excluding carboxylic acids is 5. The van der Waals surface area contributed by atoms with E-state index in [1.165, 1.54) is 31.7 Å². The minimum atomic E-state index is -4.88. The molecule has 3 N–H and O–H groups in total. The van der Waals surface area contributed by atoms with Crippen LogP contribution < -0.4 is 20.8 Å². The summed E-state index contributed by atoms with van der Waals surface area (Å²) in [4.78, 5) is 97.5. The third kappa shape index (κ3) is 16.6. The van der Waals surface area contributed by atoms with Crippen molar-refractivity contribution in [1.82, 2.24) is 30.2 Å². The monoisotopic (exact) mass is 951 g/mol. The number of esters is 2. The molecule has 0 bridgehead atoms. The van der Waals surface area contributed by atoms with E-state index in [0.29, 0.717) is 16.6 Å². The average molecular weight is 952 g/mol. The van der Waals surface area contributed by atoms with Crippen molar-refractivity contribution in [1.29, 1.82) is 0 Å². The van der Waals surface area contributed by atoms with Crippen molar-refractivity contribution in [3.05, 3.63) is 110 Å². The first-order chi connectivity index (χ1) is 32.1. The van der Waals surface area contributed by atoms with Gasteiger partial charge in [-0.05, 0) is 15.8 Å². The Kier molecular flexibility index (Phi) is 19.4. The summed E-state index contributed by atoms with van der Waals surface area (Å²) in [6.45, 7) is 6.77. The Morgan fingerprint density at radius 3 is 2.30 bits per heavy atom. The van der Waals surface area contributed by atoms with Gasteiger partial charge >= 0.3 is 26.2 Å². The second-order valence-corrected chi connectivity index (χ2v) is 17.5. The highest BCUT2D eigenvalue weighted by molar-refractivity contribution is 7.53. The fourth-order valence-corrected chi connectivity index (χ4v) is 7.37. The molecule has 0 aliphatic carbocycles. The maximum Gasteiger partial charge on any atom is 0.421 e. The van der Waals surface area contributed by atoms with Gasteiger partial charge in [0.05, 0.1) is 33.9 Å². The molecular weight excluding hydrogens is 895 g/mol. The normalized spacial score (nSPS) is 17.6. The van der Waals surface area contributed by atoms with Gasteiger partial charge in [-0.1, -0.05) is 79.4 Å². The van der Waals surface area contributed by atoms with Crippen LogP contribution in [-0.4, -0.2) is 139 Å². The second-order valence-electron chi connectivity index (χ2n) is 16.0. The summed E-state index contributed by atoms with van der Waals surface area (Å²) in [7, 11) is 0.903. The minimum Gasteiger partial charge on any atom is -0.603 e. The summed E-state index contributed by atoms with van der Waals surface area (Å²) in [5.74, 6) is -2.52. The highest BCUT2D eigenvalue weighted by Gasteiger charge is 2.45. The van der Waals surface area contributed by atoms with Crippen LogP contribution in [0.2, 0.25) is 0 Å². The van der Waals surface area contributed by atoms with Gasteiger partial charge in [0.25, 0.3) is 0 Å². The lowest BCUT2D eigenvalue weighted by Crippen LogP contribution is -2.54. The number of aromatic nitrogens is 4. The molecule has 2 aromatic heterocycles. The maximum atomic E-state index is 14.2. The summed E-state index contributed by atoms with van der Waals surface area (Å²) in [5, 5.41) is 7.71. The van der Waals surface area contributed by atoms with Crippen LogP contribution in [0.5, 0.6) is 0 Å². The molecule has 0 saturated carbocycles. The number of rotatable bonds is 26. The molecule has 5 rings (SSSR count). The Morgan fingerprint density at radius 1 is 0.925 bits per heavy atom. The number of carbonyl (C=O) groups is 5. The van der Waals surface area contributed by atoms with E-state index in [9.17, 15) is 28.9 Å². The van der Waals surface area contributed by atoms with Gasteiger partial charge in [-0.3, -0.25) is 19.0 Å². The van der Waals surface area contributed by atoms with Crippen LogP contribution in [-0.2, 0) is 69.6 Å². The number of nitrogens with one attached hydrogen (secondary N) is 3. The van der Waals surface area contributed by atoms with Crippen molar-refractivity contribution in [3.8, 4) is 0 Å². The fourth-order valence-electron chi connectivity index (χ4n) is 6.36. The van der Waals surface area contributed by atoms with Crippen LogP contribution in [0.4, 0.5) is 10.6 Å². The SMILES string of the molecule is C=CCOO[P+]([O-])(OC[C@H](NC(=O)OCC=C)C(=O)N[C@@H](Cc1ccccc1)C(=O)OCC[N+](C)(C)C)OC[C@H]1O[C@@H](n2cnc3c(NC(=O)Cc4ccccc4)ncnc32)C[C@@H]1OC(C)=O. The number of imidazole rings is 1. The van der Waals surface area contributed by atoms with Crippen LogP contribution in [0.15, 0.2) is 98.6 Å². The molecule has 0 spiro atoms. The van der Waals surface area contributed by atoms with E-state index >= 15 is 0 Å². The Bertz CT molecular complexity index is 2300. The molecule has 2 aromatic carbocycles. The highest BCUT2D eigenvalue weighted by atomic mass is 31.2. The quantitative estimate of drug-likeness (QED) is 0.0119. The fraction of sp³-hybridized carbons (Fsp3) is 0.409. The van der Waals surface area contributed by atoms with Gasteiger partial charge in [0.2, 0.25) is 11.8 Å². The Hall–Kier alpha value is -6.23. The summed E-state index contributed by atoms with van der Waals surface area (Å²) in [5.41, 5.74) is 2.02. The van der Waals surface area contributed by atoms with Crippen molar-refractivity contribution in [2.75, 3.05) is 66.0 Å². The molecule has 23 heteroatoms. The van der Waals surface area contributed by atoms with Crippen molar-refractivity contribution in [2.24, 2.45) is 0 Å². The number of likely N-dealkylation sites (N-methyl/N-ethyl adjacent to an activating group) is 1. The number of ether oxygens (including phenoxy) is 4. The number of hydrogen-bond acceptors (Lipinski definition) is 17. The first-order valence-corrected chi connectivity index (χ1v) is 22.5. The third-order valence-corrected chi connectivity index (χ3v) is 10.8. The predicted octanol–water partition coefficient (Wildman–Crippen LogP) is 2.69. The topological polar surface area (TPSA) is 262 Å². The summed E-state index contributed by atoms with van der Waals surface area (Å²) in [6.07, 6.45) is 1.32.